The lowest BCUT2D eigenvalue weighted by Gasteiger charge is -2.29. The average molecular weight is 501 g/mol. The van der Waals surface area contributed by atoms with Crippen molar-refractivity contribution in [2.45, 2.75) is 41.5 Å². The summed E-state index contributed by atoms with van der Waals surface area (Å²) >= 11 is 3.81. The largest absolute Gasteiger partial charge is 0.0616 e. The highest BCUT2D eigenvalue weighted by molar-refractivity contribution is 9.10. The lowest BCUT2D eigenvalue weighted by molar-refractivity contribution is 1.35. The summed E-state index contributed by atoms with van der Waals surface area (Å²) in [4.78, 5) is 0. The van der Waals surface area contributed by atoms with Crippen LogP contribution in [-0.2, 0) is 0 Å². The fraction of sp³-hybridized carbons (Fsp3) is 0.200. The molecule has 162 valence electrons. The summed E-state index contributed by atoms with van der Waals surface area (Å²) in [6.45, 7) is 13.5. The van der Waals surface area contributed by atoms with E-state index < -0.39 is 7.92 Å². The van der Waals surface area contributed by atoms with E-state index in [0.29, 0.717) is 0 Å². The molecule has 32 heavy (non-hydrogen) atoms. The van der Waals surface area contributed by atoms with Gasteiger partial charge in [0.2, 0.25) is 0 Å². The van der Waals surface area contributed by atoms with E-state index in [1.165, 1.54) is 60.4 Å². The van der Waals surface area contributed by atoms with Crippen molar-refractivity contribution < 1.29 is 0 Å². The van der Waals surface area contributed by atoms with Crippen LogP contribution in [0, 0.1) is 41.5 Å². The van der Waals surface area contributed by atoms with E-state index in [-0.39, 0.29) is 0 Å². The van der Waals surface area contributed by atoms with Crippen LogP contribution < -0.4 is 15.9 Å². The van der Waals surface area contributed by atoms with E-state index >= 15 is 0 Å². The molecular weight excluding hydrogens is 471 g/mol. The van der Waals surface area contributed by atoms with Crippen molar-refractivity contribution in [3.8, 4) is 11.1 Å². The molecule has 0 atom stereocenters. The average Bonchev–Trinajstić information content (AvgIpc) is 2.72. The number of halogens is 1. The first-order chi connectivity index (χ1) is 15.3. The zero-order valence-corrected chi connectivity index (χ0v) is 22.2. The Morgan fingerprint density at radius 2 is 0.938 bits per heavy atom. The Labute approximate surface area is 202 Å². The van der Waals surface area contributed by atoms with Gasteiger partial charge in [0.05, 0.1) is 0 Å². The van der Waals surface area contributed by atoms with Gasteiger partial charge in [0.1, 0.15) is 0 Å². The second-order valence-corrected chi connectivity index (χ2v) is 11.7. The Morgan fingerprint density at radius 3 is 1.41 bits per heavy atom. The van der Waals surface area contributed by atoms with Crippen LogP contribution in [0.4, 0.5) is 0 Å². The quantitative estimate of drug-likeness (QED) is 0.251. The smallest absolute Gasteiger partial charge is 0.0253 e. The van der Waals surface area contributed by atoms with Crippen molar-refractivity contribution in [3.63, 3.8) is 0 Å². The van der Waals surface area contributed by atoms with Crippen molar-refractivity contribution in [3.05, 3.63) is 111 Å². The van der Waals surface area contributed by atoms with Crippen molar-refractivity contribution in [2.24, 2.45) is 0 Å². The molecule has 2 heteroatoms. The van der Waals surface area contributed by atoms with E-state index in [2.05, 4.69) is 130 Å². The Hall–Kier alpha value is -2.21. The molecule has 0 unspecified atom stereocenters. The van der Waals surface area contributed by atoms with Crippen LogP contribution in [0.25, 0.3) is 11.1 Å². The molecule has 0 fully saturated rings. The topological polar surface area (TPSA) is 0 Å². The Kier molecular flexibility index (Phi) is 6.70. The first kappa shape index (κ1) is 23.0. The number of benzene rings is 4. The fourth-order valence-corrected chi connectivity index (χ4v) is 8.52. The van der Waals surface area contributed by atoms with Gasteiger partial charge in [0, 0.05) is 4.47 Å². The van der Waals surface area contributed by atoms with Crippen LogP contribution in [0.2, 0.25) is 0 Å². The second-order valence-electron chi connectivity index (χ2n) is 8.83. The van der Waals surface area contributed by atoms with Crippen LogP contribution in [-0.4, -0.2) is 0 Å². The molecule has 0 aromatic heterocycles. The molecule has 0 aliphatic carbocycles. The Balaban J connectivity index is 2.10. The number of hydrogen-bond donors (Lipinski definition) is 0. The summed E-state index contributed by atoms with van der Waals surface area (Å²) in [5, 5.41) is 4.39. The summed E-state index contributed by atoms with van der Waals surface area (Å²) in [5.41, 5.74) is 10.8. The summed E-state index contributed by atoms with van der Waals surface area (Å²) in [6.07, 6.45) is 0. The maximum atomic E-state index is 3.81. The van der Waals surface area contributed by atoms with E-state index in [1.54, 1.807) is 0 Å². The first-order valence-corrected chi connectivity index (χ1v) is 13.2. The van der Waals surface area contributed by atoms with Gasteiger partial charge in [-0.25, -0.2) is 0 Å². The monoisotopic (exact) mass is 500 g/mol. The molecule has 4 rings (SSSR count). The molecule has 4 aromatic rings. The van der Waals surface area contributed by atoms with Gasteiger partial charge in [0.15, 0.2) is 0 Å². The third-order valence-corrected chi connectivity index (χ3v) is 9.90. The Morgan fingerprint density at radius 1 is 0.531 bits per heavy atom. The van der Waals surface area contributed by atoms with Crippen LogP contribution in [0.5, 0.6) is 0 Å². The van der Waals surface area contributed by atoms with E-state index in [1.807, 2.05) is 0 Å². The first-order valence-electron chi connectivity index (χ1n) is 11.1. The van der Waals surface area contributed by atoms with Crippen LogP contribution in [0.15, 0.2) is 77.3 Å². The number of aryl methyl sites for hydroxylation is 6. The zero-order valence-electron chi connectivity index (χ0n) is 19.8. The molecule has 0 aliphatic rings. The van der Waals surface area contributed by atoms with Gasteiger partial charge >= 0.3 is 0 Å². The highest BCUT2D eigenvalue weighted by atomic mass is 79.9. The molecule has 0 bridgehead atoms. The maximum absolute atomic E-state index is 3.81. The predicted octanol–water partition coefficient (Wildman–Crippen LogP) is 7.72. The molecule has 0 spiro atoms. The minimum atomic E-state index is -0.732. The van der Waals surface area contributed by atoms with Gasteiger partial charge in [0.25, 0.3) is 0 Å². The molecule has 0 saturated carbocycles. The van der Waals surface area contributed by atoms with Gasteiger partial charge < -0.3 is 0 Å². The third kappa shape index (κ3) is 4.34. The molecule has 0 N–H and O–H groups in total. The van der Waals surface area contributed by atoms with Gasteiger partial charge in [-0.2, -0.15) is 0 Å². The van der Waals surface area contributed by atoms with Crippen LogP contribution in [0.1, 0.15) is 33.4 Å². The van der Waals surface area contributed by atoms with Crippen LogP contribution >= 0.6 is 23.9 Å². The minimum Gasteiger partial charge on any atom is -0.0616 e. The second kappa shape index (κ2) is 9.34. The summed E-state index contributed by atoms with van der Waals surface area (Å²) < 4.78 is 1.14. The van der Waals surface area contributed by atoms with Crippen molar-refractivity contribution in [1.82, 2.24) is 0 Å². The van der Waals surface area contributed by atoms with Gasteiger partial charge in [-0.1, -0.05) is 93.8 Å². The summed E-state index contributed by atoms with van der Waals surface area (Å²) in [6, 6.07) is 26.9. The normalized spacial score (nSPS) is 11.2. The Bertz CT molecular complexity index is 1200. The van der Waals surface area contributed by atoms with Crippen LogP contribution in [0.3, 0.4) is 0 Å². The van der Waals surface area contributed by atoms with Crippen molar-refractivity contribution in [1.29, 1.82) is 0 Å². The molecule has 0 radical (unpaired) electrons. The third-order valence-electron chi connectivity index (χ3n) is 6.03. The predicted molar refractivity (Wildman–Crippen MR) is 147 cm³/mol. The maximum Gasteiger partial charge on any atom is 0.0253 e. The molecule has 0 heterocycles. The van der Waals surface area contributed by atoms with Gasteiger partial charge in [-0.15, -0.1) is 0 Å². The SMILES string of the molecule is Cc1cc(C)c(P(c2ccccc2-c2ccccc2Br)c2c(C)cc(C)cc2C)c(C)c1. The molecule has 0 aliphatic heterocycles. The minimum absolute atomic E-state index is 0.732. The molecule has 0 saturated heterocycles. The molecule has 0 amide bonds. The lowest BCUT2D eigenvalue weighted by atomic mass is 10.1. The van der Waals surface area contributed by atoms with E-state index in [9.17, 15) is 0 Å². The number of hydrogen-bond acceptors (Lipinski definition) is 0. The summed E-state index contributed by atoms with van der Waals surface area (Å²) in [5.74, 6) is 0. The highest BCUT2D eigenvalue weighted by Gasteiger charge is 2.26. The van der Waals surface area contributed by atoms with Crippen molar-refractivity contribution >= 4 is 39.8 Å². The molecule has 0 nitrogen and oxygen atoms in total. The highest BCUT2D eigenvalue weighted by Crippen LogP contribution is 2.42. The zero-order chi connectivity index (χ0) is 23.0. The molecule has 4 aromatic carbocycles. The van der Waals surface area contributed by atoms with Crippen molar-refractivity contribution in [2.75, 3.05) is 0 Å². The van der Waals surface area contributed by atoms with E-state index in [0.717, 1.165) is 4.47 Å². The molecular formula is C30H30BrP. The summed E-state index contributed by atoms with van der Waals surface area (Å²) in [7, 11) is -0.732. The number of rotatable bonds is 4. The van der Waals surface area contributed by atoms with E-state index in [4.69, 9.17) is 0 Å². The van der Waals surface area contributed by atoms with Gasteiger partial charge in [-0.3, -0.25) is 0 Å². The van der Waals surface area contributed by atoms with Gasteiger partial charge in [-0.05, 0) is 105 Å². The lowest BCUT2D eigenvalue weighted by Crippen LogP contribution is -2.28. The fourth-order valence-electron chi connectivity index (χ4n) is 4.98. The standard InChI is InChI=1S/C30H30BrP/c1-19-15-21(3)29(22(4)16-19)32(30-23(5)17-20(2)18-24(30)6)28-14-10-8-12-26(28)25-11-7-9-13-27(25)31/h7-18H,1-6H3.